The highest BCUT2D eigenvalue weighted by molar-refractivity contribution is 5.93. The van der Waals surface area contributed by atoms with Gasteiger partial charge in [0.05, 0.1) is 18.5 Å². The van der Waals surface area contributed by atoms with Gasteiger partial charge in [0.15, 0.2) is 5.69 Å². The molecule has 6 heteroatoms. The van der Waals surface area contributed by atoms with E-state index in [-0.39, 0.29) is 12.2 Å². The Hall–Kier alpha value is -1.56. The first-order valence-corrected chi connectivity index (χ1v) is 7.89. The molecule has 0 spiro atoms. The number of esters is 1. The first-order chi connectivity index (χ1) is 10.3. The van der Waals surface area contributed by atoms with E-state index in [0.29, 0.717) is 12.3 Å². The molecule has 1 aliphatic carbocycles. The molecule has 6 nitrogen and oxygen atoms in total. The highest BCUT2D eigenvalue weighted by atomic mass is 16.5. The molecule has 0 bridgehead atoms. The van der Waals surface area contributed by atoms with Crippen LogP contribution in [0.3, 0.4) is 0 Å². The summed E-state index contributed by atoms with van der Waals surface area (Å²) in [5, 5.41) is 7.74. The standard InChI is InChI=1S/C15H23N3O3/c1-2-20-15(19)14-12(16-9-11-6-7-11)10-18(17-14)13-5-3-4-8-21-13/h10-11,13,16H,2-9H2,1H3. The van der Waals surface area contributed by atoms with Gasteiger partial charge in [0.25, 0.3) is 0 Å². The zero-order chi connectivity index (χ0) is 14.7. The van der Waals surface area contributed by atoms with Crippen molar-refractivity contribution in [3.05, 3.63) is 11.9 Å². The molecule has 3 rings (SSSR count). The van der Waals surface area contributed by atoms with Crippen molar-refractivity contribution in [3.8, 4) is 0 Å². The summed E-state index contributed by atoms with van der Waals surface area (Å²) in [6.07, 6.45) is 7.50. The maximum Gasteiger partial charge on any atom is 0.361 e. The minimum atomic E-state index is -0.370. The van der Waals surface area contributed by atoms with E-state index in [1.807, 2.05) is 6.20 Å². The third-order valence-corrected chi connectivity index (χ3v) is 3.93. The molecule has 0 aromatic carbocycles. The number of anilines is 1. The summed E-state index contributed by atoms with van der Waals surface area (Å²) in [6.45, 7) is 3.80. The van der Waals surface area contributed by atoms with Gasteiger partial charge in [-0.25, -0.2) is 9.48 Å². The molecule has 1 N–H and O–H groups in total. The Kier molecular flexibility index (Phi) is 4.43. The normalized spacial score (nSPS) is 22.0. The van der Waals surface area contributed by atoms with Gasteiger partial charge in [-0.05, 0) is 44.9 Å². The number of ether oxygens (including phenoxy) is 2. The molecule has 21 heavy (non-hydrogen) atoms. The largest absolute Gasteiger partial charge is 0.461 e. The minimum Gasteiger partial charge on any atom is -0.461 e. The van der Waals surface area contributed by atoms with Crippen molar-refractivity contribution in [2.45, 2.75) is 45.3 Å². The van der Waals surface area contributed by atoms with Crippen LogP contribution in [-0.4, -0.2) is 35.5 Å². The quantitative estimate of drug-likeness (QED) is 0.817. The summed E-state index contributed by atoms with van der Waals surface area (Å²) in [5.41, 5.74) is 1.13. The van der Waals surface area contributed by atoms with Crippen molar-refractivity contribution in [2.24, 2.45) is 5.92 Å². The molecule has 1 aliphatic heterocycles. The zero-order valence-electron chi connectivity index (χ0n) is 12.5. The first kappa shape index (κ1) is 14.4. The maximum absolute atomic E-state index is 12.0. The van der Waals surface area contributed by atoms with E-state index in [1.165, 1.54) is 12.8 Å². The average Bonchev–Trinajstić information content (AvgIpc) is 3.24. The van der Waals surface area contributed by atoms with Crippen LogP contribution < -0.4 is 5.32 Å². The molecule has 1 saturated heterocycles. The molecule has 1 aromatic heterocycles. The SMILES string of the molecule is CCOC(=O)c1nn(C2CCCCO2)cc1NCC1CC1. The van der Waals surface area contributed by atoms with E-state index >= 15 is 0 Å². The van der Waals surface area contributed by atoms with Gasteiger partial charge in [0, 0.05) is 13.2 Å². The van der Waals surface area contributed by atoms with Crippen molar-refractivity contribution in [1.82, 2.24) is 9.78 Å². The van der Waals surface area contributed by atoms with Crippen LogP contribution >= 0.6 is 0 Å². The molecule has 116 valence electrons. The Labute approximate surface area is 124 Å². The highest BCUT2D eigenvalue weighted by Gasteiger charge is 2.25. The number of carbonyl (C=O) groups is 1. The Morgan fingerprint density at radius 3 is 3.00 bits per heavy atom. The highest BCUT2D eigenvalue weighted by Crippen LogP contribution is 2.30. The molecule has 2 fully saturated rings. The molecule has 1 atom stereocenters. The van der Waals surface area contributed by atoms with E-state index in [1.54, 1.807) is 11.6 Å². The summed E-state index contributed by atoms with van der Waals surface area (Å²) in [5.74, 6) is 0.361. The molecule has 2 aliphatic rings. The fourth-order valence-corrected chi connectivity index (χ4v) is 2.53. The van der Waals surface area contributed by atoms with Crippen LogP contribution in [0.1, 0.15) is 55.7 Å². The smallest absolute Gasteiger partial charge is 0.361 e. The second-order valence-electron chi connectivity index (χ2n) is 5.74. The van der Waals surface area contributed by atoms with Gasteiger partial charge in [-0.2, -0.15) is 5.10 Å². The van der Waals surface area contributed by atoms with Gasteiger partial charge in [-0.3, -0.25) is 0 Å². The lowest BCUT2D eigenvalue weighted by Gasteiger charge is -2.22. The summed E-state index contributed by atoms with van der Waals surface area (Å²) in [4.78, 5) is 12.0. The molecule has 2 heterocycles. The second kappa shape index (κ2) is 6.47. The van der Waals surface area contributed by atoms with Crippen LogP contribution in [0.2, 0.25) is 0 Å². The fraction of sp³-hybridized carbons (Fsp3) is 0.733. The fourth-order valence-electron chi connectivity index (χ4n) is 2.53. The van der Waals surface area contributed by atoms with Crippen LogP contribution in [0.5, 0.6) is 0 Å². The van der Waals surface area contributed by atoms with Crippen molar-refractivity contribution in [2.75, 3.05) is 25.1 Å². The Morgan fingerprint density at radius 2 is 2.33 bits per heavy atom. The van der Waals surface area contributed by atoms with Crippen LogP contribution in [0.15, 0.2) is 6.20 Å². The summed E-state index contributed by atoms with van der Waals surface area (Å²) >= 11 is 0. The lowest BCUT2D eigenvalue weighted by molar-refractivity contribution is -0.0396. The van der Waals surface area contributed by atoms with Gasteiger partial charge >= 0.3 is 5.97 Å². The monoisotopic (exact) mass is 293 g/mol. The molecular weight excluding hydrogens is 270 g/mol. The molecule has 0 amide bonds. The van der Waals surface area contributed by atoms with Crippen LogP contribution in [0, 0.1) is 5.92 Å². The summed E-state index contributed by atoms with van der Waals surface area (Å²) in [7, 11) is 0. The van der Waals surface area contributed by atoms with Crippen LogP contribution in [0.4, 0.5) is 5.69 Å². The number of nitrogens with zero attached hydrogens (tertiary/aromatic N) is 2. The molecule has 0 radical (unpaired) electrons. The van der Waals surface area contributed by atoms with E-state index < -0.39 is 0 Å². The third-order valence-electron chi connectivity index (χ3n) is 3.93. The number of nitrogens with one attached hydrogen (secondary N) is 1. The number of hydrogen-bond acceptors (Lipinski definition) is 5. The van der Waals surface area contributed by atoms with Crippen molar-refractivity contribution < 1.29 is 14.3 Å². The van der Waals surface area contributed by atoms with E-state index in [4.69, 9.17) is 9.47 Å². The van der Waals surface area contributed by atoms with Gasteiger partial charge in [0.2, 0.25) is 0 Å². The van der Waals surface area contributed by atoms with E-state index in [0.717, 1.165) is 44.0 Å². The molecule has 1 aromatic rings. The number of rotatable bonds is 6. The second-order valence-corrected chi connectivity index (χ2v) is 5.74. The Bertz CT molecular complexity index is 490. The summed E-state index contributed by atoms with van der Waals surface area (Å²) in [6, 6.07) is 0. The van der Waals surface area contributed by atoms with Crippen molar-refractivity contribution in [1.29, 1.82) is 0 Å². The lowest BCUT2D eigenvalue weighted by atomic mass is 10.2. The molecule has 1 saturated carbocycles. The number of aromatic nitrogens is 2. The van der Waals surface area contributed by atoms with Crippen LogP contribution in [-0.2, 0) is 9.47 Å². The zero-order valence-corrected chi connectivity index (χ0v) is 12.5. The van der Waals surface area contributed by atoms with Gasteiger partial charge in [0.1, 0.15) is 6.23 Å². The molecule has 1 unspecified atom stereocenters. The average molecular weight is 293 g/mol. The number of hydrogen-bond donors (Lipinski definition) is 1. The molecular formula is C15H23N3O3. The van der Waals surface area contributed by atoms with E-state index in [9.17, 15) is 4.79 Å². The van der Waals surface area contributed by atoms with Crippen molar-refractivity contribution >= 4 is 11.7 Å². The van der Waals surface area contributed by atoms with E-state index in [2.05, 4.69) is 10.4 Å². The Morgan fingerprint density at radius 1 is 1.48 bits per heavy atom. The predicted molar refractivity (Wildman–Crippen MR) is 78.2 cm³/mol. The lowest BCUT2D eigenvalue weighted by Crippen LogP contribution is -2.19. The predicted octanol–water partition coefficient (Wildman–Crippen LogP) is 2.58. The first-order valence-electron chi connectivity index (χ1n) is 7.89. The Balaban J connectivity index is 1.76. The summed E-state index contributed by atoms with van der Waals surface area (Å²) < 4.78 is 12.6. The number of carbonyl (C=O) groups excluding carboxylic acids is 1. The minimum absolute atomic E-state index is 0.0663. The van der Waals surface area contributed by atoms with Gasteiger partial charge < -0.3 is 14.8 Å². The van der Waals surface area contributed by atoms with Gasteiger partial charge in [-0.1, -0.05) is 0 Å². The maximum atomic E-state index is 12.0. The topological polar surface area (TPSA) is 65.4 Å². The third kappa shape index (κ3) is 3.56. The van der Waals surface area contributed by atoms with Crippen molar-refractivity contribution in [3.63, 3.8) is 0 Å². The van der Waals surface area contributed by atoms with Crippen LogP contribution in [0.25, 0.3) is 0 Å². The van der Waals surface area contributed by atoms with Gasteiger partial charge in [-0.15, -0.1) is 0 Å².